The third-order valence-electron chi connectivity index (χ3n) is 7.79. The molecule has 1 aromatic carbocycles. The average Bonchev–Trinajstić information content (AvgIpc) is 3.65. The van der Waals surface area contributed by atoms with E-state index in [4.69, 9.17) is 9.72 Å². The summed E-state index contributed by atoms with van der Waals surface area (Å²) < 4.78 is 7.79. The number of aliphatic hydroxyl groups is 1. The quantitative estimate of drug-likeness (QED) is 0.345. The molecule has 0 radical (unpaired) electrons. The number of aliphatic hydroxyl groups excluding tert-OH is 1. The number of rotatable bonds is 8. The second kappa shape index (κ2) is 12.2. The Bertz CT molecular complexity index is 1290. The first-order valence-electron chi connectivity index (χ1n) is 14.2. The van der Waals surface area contributed by atoms with Gasteiger partial charge in [0.1, 0.15) is 12.0 Å². The first-order valence-corrected chi connectivity index (χ1v) is 14.2. The summed E-state index contributed by atoms with van der Waals surface area (Å²) in [6.07, 6.45) is 9.09. The summed E-state index contributed by atoms with van der Waals surface area (Å²) in [4.78, 5) is 19.7. The van der Waals surface area contributed by atoms with Gasteiger partial charge in [0.25, 0.3) is 0 Å². The van der Waals surface area contributed by atoms with E-state index < -0.39 is 0 Å². The number of urea groups is 1. The zero-order chi connectivity index (χ0) is 27.4. The van der Waals surface area contributed by atoms with Crippen molar-refractivity contribution < 1.29 is 14.6 Å². The summed E-state index contributed by atoms with van der Waals surface area (Å²) in [5, 5.41) is 20.6. The predicted molar refractivity (Wildman–Crippen MR) is 154 cm³/mol. The summed E-state index contributed by atoms with van der Waals surface area (Å²) in [5.74, 6) is 1.25. The monoisotopic (exact) mass is 532 g/mol. The van der Waals surface area contributed by atoms with E-state index in [0.717, 1.165) is 85.4 Å². The number of carbonyl (C=O) groups excluding carboxylic acids is 1. The van der Waals surface area contributed by atoms with Crippen LogP contribution in [0.3, 0.4) is 0 Å². The number of carbonyl (C=O) groups is 1. The molecule has 9 heteroatoms. The van der Waals surface area contributed by atoms with Crippen LogP contribution in [0.2, 0.25) is 0 Å². The molecule has 2 saturated heterocycles. The summed E-state index contributed by atoms with van der Waals surface area (Å²) in [6, 6.07) is 9.85. The van der Waals surface area contributed by atoms with Crippen LogP contribution in [0.15, 0.2) is 42.7 Å². The zero-order valence-corrected chi connectivity index (χ0v) is 23.2. The van der Waals surface area contributed by atoms with Gasteiger partial charge in [-0.1, -0.05) is 19.4 Å². The van der Waals surface area contributed by atoms with Crippen LogP contribution in [0.4, 0.5) is 16.3 Å². The number of likely N-dealkylation sites (tertiary alicyclic amines) is 1. The molecular formula is C30H40N6O3. The zero-order valence-electron chi connectivity index (χ0n) is 23.2. The number of hydrogen-bond acceptors (Lipinski definition) is 6. The first-order chi connectivity index (χ1) is 18.9. The fourth-order valence-electron chi connectivity index (χ4n) is 5.33. The molecule has 3 atom stereocenters. The Morgan fingerprint density at radius 2 is 2.08 bits per heavy atom. The van der Waals surface area contributed by atoms with Crippen LogP contribution >= 0.6 is 0 Å². The van der Waals surface area contributed by atoms with Crippen molar-refractivity contribution >= 4 is 17.5 Å². The van der Waals surface area contributed by atoms with Crippen molar-refractivity contribution in [1.82, 2.24) is 19.7 Å². The van der Waals surface area contributed by atoms with Gasteiger partial charge in [-0.15, -0.1) is 0 Å². The number of nitrogens with one attached hydrogen (secondary N) is 2. The topological polar surface area (TPSA) is 105 Å². The molecule has 1 unspecified atom stereocenters. The highest BCUT2D eigenvalue weighted by Gasteiger charge is 2.25. The number of pyridine rings is 1. The van der Waals surface area contributed by atoms with Gasteiger partial charge in [0.2, 0.25) is 0 Å². The van der Waals surface area contributed by atoms with Crippen molar-refractivity contribution in [1.29, 1.82) is 0 Å². The number of aryl methyl sites for hydroxylation is 1. The van der Waals surface area contributed by atoms with Crippen molar-refractivity contribution in [2.45, 2.75) is 65.1 Å². The molecule has 0 aliphatic carbocycles. The lowest BCUT2D eigenvalue weighted by Crippen LogP contribution is -2.32. The second-order valence-corrected chi connectivity index (χ2v) is 10.9. The summed E-state index contributed by atoms with van der Waals surface area (Å²) >= 11 is 0. The molecule has 208 valence electrons. The minimum atomic E-state index is -0.155. The van der Waals surface area contributed by atoms with E-state index in [1.165, 1.54) is 0 Å². The molecule has 2 fully saturated rings. The van der Waals surface area contributed by atoms with Crippen LogP contribution < -0.4 is 10.6 Å². The summed E-state index contributed by atoms with van der Waals surface area (Å²) in [5.41, 5.74) is 5.50. The van der Waals surface area contributed by atoms with Crippen molar-refractivity contribution in [3.63, 3.8) is 0 Å². The van der Waals surface area contributed by atoms with E-state index in [1.54, 1.807) is 0 Å². The molecule has 2 aliphatic rings. The molecule has 2 aliphatic heterocycles. The van der Waals surface area contributed by atoms with E-state index in [0.29, 0.717) is 11.7 Å². The number of amides is 2. The minimum absolute atomic E-state index is 0.00583. The molecule has 2 amide bonds. The molecule has 0 spiro atoms. The number of nitrogens with zero attached hydrogens (tertiary/aromatic N) is 4. The maximum atomic E-state index is 12.9. The molecule has 4 heterocycles. The van der Waals surface area contributed by atoms with Gasteiger partial charge in [-0.25, -0.2) is 14.5 Å². The van der Waals surface area contributed by atoms with Crippen LogP contribution in [0.5, 0.6) is 0 Å². The summed E-state index contributed by atoms with van der Waals surface area (Å²) in [7, 11) is 0. The van der Waals surface area contributed by atoms with Gasteiger partial charge in [-0.2, -0.15) is 5.10 Å². The van der Waals surface area contributed by atoms with E-state index in [2.05, 4.69) is 35.6 Å². The van der Waals surface area contributed by atoms with Gasteiger partial charge in [0.05, 0.1) is 18.5 Å². The first kappa shape index (κ1) is 27.1. The molecule has 3 N–H and O–H groups in total. The second-order valence-electron chi connectivity index (χ2n) is 10.9. The molecule has 0 bridgehead atoms. The van der Waals surface area contributed by atoms with E-state index in [9.17, 15) is 9.90 Å². The van der Waals surface area contributed by atoms with E-state index in [-0.39, 0.29) is 24.9 Å². The fourth-order valence-corrected chi connectivity index (χ4v) is 5.33. The van der Waals surface area contributed by atoms with Crippen molar-refractivity contribution in [2.24, 2.45) is 5.92 Å². The van der Waals surface area contributed by atoms with Gasteiger partial charge >= 0.3 is 6.03 Å². The summed E-state index contributed by atoms with van der Waals surface area (Å²) in [6.45, 7) is 8.52. The van der Waals surface area contributed by atoms with Crippen molar-refractivity contribution in [2.75, 3.05) is 36.9 Å². The van der Waals surface area contributed by atoms with Crippen LogP contribution in [0.25, 0.3) is 22.4 Å². The minimum Gasteiger partial charge on any atom is -0.394 e. The number of benzene rings is 1. The molecular weight excluding hydrogens is 492 g/mol. The molecule has 39 heavy (non-hydrogen) atoms. The Hall–Kier alpha value is -3.43. The normalized spacial score (nSPS) is 20.2. The van der Waals surface area contributed by atoms with Gasteiger partial charge < -0.3 is 25.4 Å². The van der Waals surface area contributed by atoms with Gasteiger partial charge in [0.15, 0.2) is 0 Å². The lowest BCUT2D eigenvalue weighted by molar-refractivity contribution is -0.0394. The average molecular weight is 533 g/mol. The molecule has 3 aromatic rings. The van der Waals surface area contributed by atoms with Crippen LogP contribution in [-0.2, 0) is 4.74 Å². The Balaban J connectivity index is 1.44. The van der Waals surface area contributed by atoms with Gasteiger partial charge in [0, 0.05) is 43.2 Å². The lowest BCUT2D eigenvalue weighted by Gasteiger charge is -2.22. The van der Waals surface area contributed by atoms with Gasteiger partial charge in [-0.05, 0) is 86.4 Å². The third kappa shape index (κ3) is 6.42. The van der Waals surface area contributed by atoms with E-state index >= 15 is 0 Å². The van der Waals surface area contributed by atoms with Crippen molar-refractivity contribution in [3.8, 4) is 22.4 Å². The Labute approximate surface area is 230 Å². The highest BCUT2D eigenvalue weighted by atomic mass is 16.5. The Morgan fingerprint density at radius 3 is 2.82 bits per heavy atom. The molecule has 5 rings (SSSR count). The Kier molecular flexibility index (Phi) is 8.47. The van der Waals surface area contributed by atoms with Crippen LogP contribution in [0, 0.1) is 12.8 Å². The number of aromatic nitrogens is 3. The number of ether oxygens (including phenoxy) is 1. The fraction of sp³-hybridized carbons (Fsp3) is 0.500. The number of anilines is 2. The molecule has 0 saturated carbocycles. The lowest BCUT2D eigenvalue weighted by atomic mass is 9.99. The number of hydrogen-bond donors (Lipinski definition) is 3. The van der Waals surface area contributed by atoms with Gasteiger partial charge in [-0.3, -0.25) is 0 Å². The van der Waals surface area contributed by atoms with E-state index in [1.807, 2.05) is 53.2 Å². The predicted octanol–water partition coefficient (Wildman–Crippen LogP) is 5.68. The molecule has 9 nitrogen and oxygen atoms in total. The highest BCUT2D eigenvalue weighted by molar-refractivity contribution is 5.91. The van der Waals surface area contributed by atoms with Crippen LogP contribution in [-0.4, -0.2) is 63.1 Å². The Morgan fingerprint density at radius 1 is 1.21 bits per heavy atom. The maximum absolute atomic E-state index is 12.9. The van der Waals surface area contributed by atoms with Crippen molar-refractivity contribution in [3.05, 3.63) is 48.3 Å². The smallest absolute Gasteiger partial charge is 0.321 e. The highest BCUT2D eigenvalue weighted by Crippen LogP contribution is 2.33. The third-order valence-corrected chi connectivity index (χ3v) is 7.79. The maximum Gasteiger partial charge on any atom is 0.321 e. The van der Waals surface area contributed by atoms with Crippen LogP contribution in [0.1, 0.15) is 57.7 Å². The standard InChI is InChI=1S/C30H40N6O3/c1-4-22-10-11-35(17-22)30(38)33-25-9-8-20(2)26(15-25)23-13-27(34-28(14-23)32-21(3)19-37)24-16-31-36(18-24)29-7-5-6-12-39-29/h8-9,13-16,18,21-22,29,37H,4-7,10-12,17,19H2,1-3H3,(H,32,34)(H,33,38)/t21-,22+,29?/m0/s1. The SMILES string of the molecule is CC[C@@H]1CCN(C(=O)Nc2ccc(C)c(-c3cc(N[C@@H](C)CO)nc(-c4cnn(C5CCCCO5)c4)c3)c2)C1. The largest absolute Gasteiger partial charge is 0.394 e. The molecule has 2 aromatic heterocycles.